The molecular formula is C18H25IN8. The van der Waals surface area contributed by atoms with Crippen molar-refractivity contribution in [1.82, 2.24) is 35.2 Å². The number of aromatic nitrogens is 5. The largest absolute Gasteiger partial charge is 0.352 e. The quantitative estimate of drug-likeness (QED) is 0.332. The minimum Gasteiger partial charge on any atom is -0.352 e. The standard InChI is InChI=1S/C18H24N8.HI/c1-13-16(14(2)26(24-13)15-8-6-5-7-9-15)10-20-18(19-3)21-11-17-22-12-23-25(17)4;/h5-9,12H,10-11H2,1-4H3,(H2,19,20,21);1H. The smallest absolute Gasteiger partial charge is 0.191 e. The molecule has 3 rings (SSSR count). The summed E-state index contributed by atoms with van der Waals surface area (Å²) in [5.41, 5.74) is 4.34. The van der Waals surface area contributed by atoms with E-state index < -0.39 is 0 Å². The van der Waals surface area contributed by atoms with Crippen molar-refractivity contribution < 1.29 is 0 Å². The lowest BCUT2D eigenvalue weighted by Gasteiger charge is -2.12. The van der Waals surface area contributed by atoms with E-state index in [4.69, 9.17) is 0 Å². The molecule has 144 valence electrons. The third-order valence-electron chi connectivity index (χ3n) is 4.32. The molecule has 3 aromatic rings. The molecule has 2 heterocycles. The predicted octanol–water partition coefficient (Wildman–Crippen LogP) is 2.10. The molecule has 0 aliphatic carbocycles. The number of aryl methyl sites for hydroxylation is 2. The first-order chi connectivity index (χ1) is 12.6. The Kier molecular flexibility index (Phi) is 7.34. The Balaban J connectivity index is 0.00000261. The van der Waals surface area contributed by atoms with Gasteiger partial charge in [-0.3, -0.25) is 9.67 Å². The van der Waals surface area contributed by atoms with E-state index in [0.29, 0.717) is 19.0 Å². The molecule has 0 spiro atoms. The molecule has 0 radical (unpaired) electrons. The summed E-state index contributed by atoms with van der Waals surface area (Å²) in [6, 6.07) is 10.1. The molecule has 2 aromatic heterocycles. The van der Waals surface area contributed by atoms with Gasteiger partial charge in [-0.25, -0.2) is 9.67 Å². The second kappa shape index (κ2) is 9.49. The minimum absolute atomic E-state index is 0. The second-order valence-corrected chi connectivity index (χ2v) is 5.98. The van der Waals surface area contributed by atoms with Crippen molar-refractivity contribution in [2.45, 2.75) is 26.9 Å². The van der Waals surface area contributed by atoms with Gasteiger partial charge in [0.2, 0.25) is 0 Å². The van der Waals surface area contributed by atoms with E-state index in [0.717, 1.165) is 28.5 Å². The van der Waals surface area contributed by atoms with Gasteiger partial charge in [-0.1, -0.05) is 18.2 Å². The van der Waals surface area contributed by atoms with E-state index in [9.17, 15) is 0 Å². The van der Waals surface area contributed by atoms with E-state index in [1.807, 2.05) is 36.9 Å². The number of guanidine groups is 1. The van der Waals surface area contributed by atoms with E-state index in [-0.39, 0.29) is 24.0 Å². The van der Waals surface area contributed by atoms with Crippen LogP contribution in [0.3, 0.4) is 0 Å². The monoisotopic (exact) mass is 480 g/mol. The van der Waals surface area contributed by atoms with Crippen LogP contribution in [0.1, 0.15) is 22.8 Å². The Labute approximate surface area is 176 Å². The van der Waals surface area contributed by atoms with E-state index in [1.165, 1.54) is 6.33 Å². The van der Waals surface area contributed by atoms with Gasteiger partial charge < -0.3 is 10.6 Å². The maximum absolute atomic E-state index is 4.68. The average molecular weight is 480 g/mol. The zero-order valence-corrected chi connectivity index (χ0v) is 18.3. The molecule has 27 heavy (non-hydrogen) atoms. The number of hydrogen-bond acceptors (Lipinski definition) is 4. The summed E-state index contributed by atoms with van der Waals surface area (Å²) in [4.78, 5) is 8.46. The lowest BCUT2D eigenvalue weighted by atomic mass is 10.2. The molecule has 9 heteroatoms. The Morgan fingerprint density at radius 3 is 2.44 bits per heavy atom. The highest BCUT2D eigenvalue weighted by Gasteiger charge is 2.13. The highest BCUT2D eigenvalue weighted by molar-refractivity contribution is 14.0. The molecule has 1 aromatic carbocycles. The topological polar surface area (TPSA) is 84.9 Å². The third-order valence-corrected chi connectivity index (χ3v) is 4.32. The molecular weight excluding hydrogens is 455 g/mol. The highest BCUT2D eigenvalue weighted by atomic mass is 127. The first-order valence-corrected chi connectivity index (χ1v) is 8.48. The van der Waals surface area contributed by atoms with Crippen LogP contribution < -0.4 is 10.6 Å². The molecule has 0 aliphatic rings. The summed E-state index contributed by atoms with van der Waals surface area (Å²) in [5, 5.41) is 15.3. The fourth-order valence-electron chi connectivity index (χ4n) is 2.79. The minimum atomic E-state index is 0. The molecule has 0 atom stereocenters. The van der Waals surface area contributed by atoms with Crippen LogP contribution in [0.15, 0.2) is 41.7 Å². The van der Waals surface area contributed by atoms with Gasteiger partial charge in [0, 0.05) is 31.9 Å². The van der Waals surface area contributed by atoms with Crippen molar-refractivity contribution in [3.63, 3.8) is 0 Å². The number of nitrogens with one attached hydrogen (secondary N) is 2. The number of aliphatic imine (C=N–C) groups is 1. The fourth-order valence-corrected chi connectivity index (χ4v) is 2.79. The molecule has 0 unspecified atom stereocenters. The second-order valence-electron chi connectivity index (χ2n) is 5.98. The van der Waals surface area contributed by atoms with E-state index in [1.54, 1.807) is 11.7 Å². The summed E-state index contributed by atoms with van der Waals surface area (Å²) >= 11 is 0. The number of hydrogen-bond donors (Lipinski definition) is 2. The zero-order valence-electron chi connectivity index (χ0n) is 16.0. The van der Waals surface area contributed by atoms with Gasteiger partial charge >= 0.3 is 0 Å². The number of benzene rings is 1. The molecule has 0 aliphatic heterocycles. The van der Waals surface area contributed by atoms with Crippen LogP contribution in [0.25, 0.3) is 5.69 Å². The third kappa shape index (κ3) is 4.85. The predicted molar refractivity (Wildman–Crippen MR) is 116 cm³/mol. The molecule has 0 amide bonds. The van der Waals surface area contributed by atoms with Crippen molar-refractivity contribution in [2.75, 3.05) is 7.05 Å². The Bertz CT molecular complexity index is 897. The van der Waals surface area contributed by atoms with Crippen LogP contribution in [-0.4, -0.2) is 37.6 Å². The highest BCUT2D eigenvalue weighted by Crippen LogP contribution is 2.17. The Morgan fingerprint density at radius 1 is 1.11 bits per heavy atom. The maximum atomic E-state index is 4.68. The summed E-state index contributed by atoms with van der Waals surface area (Å²) in [5.74, 6) is 1.55. The molecule has 0 saturated heterocycles. The number of halogens is 1. The normalized spacial score (nSPS) is 11.2. The number of para-hydroxylation sites is 1. The van der Waals surface area contributed by atoms with Crippen LogP contribution in [0, 0.1) is 13.8 Å². The Hall–Kier alpha value is -2.43. The first kappa shape index (κ1) is 20.9. The molecule has 0 saturated carbocycles. The van der Waals surface area contributed by atoms with Crippen LogP contribution in [-0.2, 0) is 20.1 Å². The van der Waals surface area contributed by atoms with Crippen molar-refractivity contribution >= 4 is 29.9 Å². The molecule has 2 N–H and O–H groups in total. The van der Waals surface area contributed by atoms with Gasteiger partial charge in [-0.05, 0) is 26.0 Å². The SMILES string of the molecule is CN=C(NCc1c(C)nn(-c2ccccc2)c1C)NCc1ncnn1C.I. The van der Waals surface area contributed by atoms with Crippen molar-refractivity contribution in [3.05, 3.63) is 59.4 Å². The zero-order chi connectivity index (χ0) is 18.5. The summed E-state index contributed by atoms with van der Waals surface area (Å²) in [6.07, 6.45) is 1.54. The van der Waals surface area contributed by atoms with Crippen LogP contribution in [0.5, 0.6) is 0 Å². The molecule has 0 fully saturated rings. The van der Waals surface area contributed by atoms with Gasteiger partial charge in [-0.2, -0.15) is 10.2 Å². The lowest BCUT2D eigenvalue weighted by molar-refractivity contribution is 0.672. The lowest BCUT2D eigenvalue weighted by Crippen LogP contribution is -2.37. The van der Waals surface area contributed by atoms with Crippen molar-refractivity contribution in [1.29, 1.82) is 0 Å². The van der Waals surface area contributed by atoms with Gasteiger partial charge in [0.15, 0.2) is 5.96 Å². The summed E-state index contributed by atoms with van der Waals surface area (Å²) in [7, 11) is 3.62. The first-order valence-electron chi connectivity index (χ1n) is 8.48. The van der Waals surface area contributed by atoms with Gasteiger partial charge in [0.05, 0.1) is 17.9 Å². The summed E-state index contributed by atoms with van der Waals surface area (Å²) in [6.45, 7) is 5.30. The number of rotatable bonds is 5. The van der Waals surface area contributed by atoms with Crippen LogP contribution >= 0.6 is 24.0 Å². The average Bonchev–Trinajstić information content (AvgIpc) is 3.19. The van der Waals surface area contributed by atoms with Gasteiger partial charge in [0.1, 0.15) is 12.2 Å². The van der Waals surface area contributed by atoms with Crippen LogP contribution in [0.4, 0.5) is 0 Å². The van der Waals surface area contributed by atoms with Gasteiger partial charge in [-0.15, -0.1) is 24.0 Å². The van der Waals surface area contributed by atoms with Crippen LogP contribution in [0.2, 0.25) is 0 Å². The van der Waals surface area contributed by atoms with E-state index in [2.05, 4.69) is 49.9 Å². The molecule has 0 bridgehead atoms. The van der Waals surface area contributed by atoms with Crippen molar-refractivity contribution in [2.24, 2.45) is 12.0 Å². The van der Waals surface area contributed by atoms with Gasteiger partial charge in [0.25, 0.3) is 0 Å². The molecule has 8 nitrogen and oxygen atoms in total. The summed E-state index contributed by atoms with van der Waals surface area (Å²) < 4.78 is 3.71. The van der Waals surface area contributed by atoms with E-state index >= 15 is 0 Å². The van der Waals surface area contributed by atoms with Crippen molar-refractivity contribution in [3.8, 4) is 5.69 Å². The number of nitrogens with zero attached hydrogens (tertiary/aromatic N) is 6. The fraction of sp³-hybridized carbons (Fsp3) is 0.333. The maximum Gasteiger partial charge on any atom is 0.191 e. The Morgan fingerprint density at radius 2 is 1.81 bits per heavy atom.